The van der Waals surface area contributed by atoms with Gasteiger partial charge in [0.25, 0.3) is 5.91 Å². The van der Waals surface area contributed by atoms with Crippen molar-refractivity contribution in [2.45, 2.75) is 38.7 Å². The van der Waals surface area contributed by atoms with Crippen molar-refractivity contribution in [2.75, 3.05) is 6.61 Å². The Hall–Kier alpha value is -0.610. The zero-order valence-corrected chi connectivity index (χ0v) is 9.30. The van der Waals surface area contributed by atoms with E-state index >= 15 is 0 Å². The van der Waals surface area contributed by atoms with Gasteiger partial charge in [0, 0.05) is 10.8 Å². The molecule has 3 fully saturated rings. The Bertz CT molecular complexity index is 345. The van der Waals surface area contributed by atoms with Crippen molar-refractivity contribution in [3.8, 4) is 0 Å². The van der Waals surface area contributed by atoms with Crippen LogP contribution in [0.3, 0.4) is 0 Å². The molecule has 1 aliphatic heterocycles. The average Bonchev–Trinajstić information content (AvgIpc) is 2.70. The van der Waals surface area contributed by atoms with Crippen LogP contribution >= 0.6 is 0 Å². The maximum atomic E-state index is 12.0. The molecular formula is C11H18N2O2. The normalized spacial score (nSPS) is 56.1. The van der Waals surface area contributed by atoms with E-state index in [0.717, 1.165) is 12.8 Å². The second-order valence-electron chi connectivity index (χ2n) is 5.78. The van der Waals surface area contributed by atoms with Gasteiger partial charge in [-0.25, -0.2) is 5.84 Å². The number of hydrazine groups is 1. The van der Waals surface area contributed by atoms with Gasteiger partial charge < -0.3 is 4.74 Å². The molecule has 3 N–H and O–H groups in total. The number of rotatable bonds is 1. The summed E-state index contributed by atoms with van der Waals surface area (Å²) in [5, 5.41) is 0. The summed E-state index contributed by atoms with van der Waals surface area (Å²) in [5.74, 6) is 5.79. The summed E-state index contributed by atoms with van der Waals surface area (Å²) in [5.41, 5.74) is 1.81. The van der Waals surface area contributed by atoms with Crippen molar-refractivity contribution < 1.29 is 9.53 Å². The lowest BCUT2D eigenvalue weighted by molar-refractivity contribution is -0.155. The van der Waals surface area contributed by atoms with Gasteiger partial charge >= 0.3 is 0 Å². The predicted octanol–water partition coefficient (Wildman–Crippen LogP) is 0.572. The largest absolute Gasteiger partial charge is 0.364 e. The molecule has 4 heteroatoms. The number of carbonyl (C=O) groups excluding carboxylic acids is 1. The van der Waals surface area contributed by atoms with Crippen LogP contribution in [0.4, 0.5) is 0 Å². The maximum Gasteiger partial charge on any atom is 0.266 e. The lowest BCUT2D eigenvalue weighted by atomic mass is 9.66. The van der Waals surface area contributed by atoms with Gasteiger partial charge in [-0.05, 0) is 25.2 Å². The molecule has 0 aromatic heterocycles. The van der Waals surface area contributed by atoms with E-state index in [1.807, 2.05) is 0 Å². The van der Waals surface area contributed by atoms with Crippen LogP contribution in [0.1, 0.15) is 33.1 Å². The SMILES string of the molecule is C[C@]12CC[C@H]3C[C@@]1(C(=O)NN)OC[C@@]32C. The smallest absolute Gasteiger partial charge is 0.266 e. The molecule has 3 rings (SSSR count). The number of ether oxygens (including phenoxy) is 1. The van der Waals surface area contributed by atoms with Crippen molar-refractivity contribution in [2.24, 2.45) is 22.6 Å². The summed E-state index contributed by atoms with van der Waals surface area (Å²) in [6.45, 7) is 5.17. The molecule has 1 heterocycles. The number of nitrogens with one attached hydrogen (secondary N) is 1. The summed E-state index contributed by atoms with van der Waals surface area (Å²) in [6, 6.07) is 0. The third-order valence-electron chi connectivity index (χ3n) is 5.70. The third-order valence-corrected chi connectivity index (χ3v) is 5.70. The molecule has 0 aromatic carbocycles. The number of hydrogen-bond donors (Lipinski definition) is 2. The summed E-state index contributed by atoms with van der Waals surface area (Å²) >= 11 is 0. The molecule has 3 aliphatic rings. The highest BCUT2D eigenvalue weighted by Gasteiger charge is 2.78. The Balaban J connectivity index is 2.12. The van der Waals surface area contributed by atoms with E-state index in [2.05, 4.69) is 19.3 Å². The zero-order valence-electron chi connectivity index (χ0n) is 9.30. The summed E-state index contributed by atoms with van der Waals surface area (Å²) < 4.78 is 5.84. The van der Waals surface area contributed by atoms with Gasteiger partial charge in [0.15, 0.2) is 5.60 Å². The predicted molar refractivity (Wildman–Crippen MR) is 54.6 cm³/mol. The second kappa shape index (κ2) is 2.38. The lowest BCUT2D eigenvalue weighted by Gasteiger charge is -2.39. The van der Waals surface area contributed by atoms with Crippen LogP contribution < -0.4 is 11.3 Å². The number of carbonyl (C=O) groups is 1. The molecule has 0 radical (unpaired) electrons. The van der Waals surface area contributed by atoms with Crippen LogP contribution in [0.5, 0.6) is 0 Å². The quantitative estimate of drug-likeness (QED) is 0.378. The molecule has 1 saturated heterocycles. The molecule has 0 aromatic rings. The second-order valence-corrected chi connectivity index (χ2v) is 5.78. The molecule has 4 nitrogen and oxygen atoms in total. The molecule has 4 atom stereocenters. The maximum absolute atomic E-state index is 12.0. The minimum absolute atomic E-state index is 0.0197. The Labute approximate surface area is 89.5 Å². The highest BCUT2D eigenvalue weighted by molar-refractivity contribution is 5.87. The molecule has 2 aliphatic carbocycles. The fourth-order valence-corrected chi connectivity index (χ4v) is 4.37. The molecule has 0 spiro atoms. The molecule has 4 bridgehead atoms. The first-order valence-electron chi connectivity index (χ1n) is 5.65. The standard InChI is InChI=1S/C11H18N2O2/c1-9-6-15-11(8(14)13-12)5-7(9)3-4-10(9,11)2/h7H,3-6,12H2,1-2H3,(H,13,14)/t7-,9-,10+,11-/m0/s1. The first-order chi connectivity index (χ1) is 7.00. The van der Waals surface area contributed by atoms with E-state index in [4.69, 9.17) is 10.6 Å². The van der Waals surface area contributed by atoms with E-state index in [1.165, 1.54) is 6.42 Å². The number of hydrogen-bond acceptors (Lipinski definition) is 3. The Morgan fingerprint density at radius 2 is 2.27 bits per heavy atom. The first-order valence-corrected chi connectivity index (χ1v) is 5.65. The van der Waals surface area contributed by atoms with Gasteiger partial charge in [-0.15, -0.1) is 0 Å². The highest BCUT2D eigenvalue weighted by atomic mass is 16.5. The molecule has 0 unspecified atom stereocenters. The summed E-state index contributed by atoms with van der Waals surface area (Å²) in [7, 11) is 0. The third kappa shape index (κ3) is 0.712. The minimum Gasteiger partial charge on any atom is -0.364 e. The van der Waals surface area contributed by atoms with Crippen molar-refractivity contribution in [3.63, 3.8) is 0 Å². The Kier molecular flexibility index (Phi) is 1.52. The van der Waals surface area contributed by atoms with Gasteiger partial charge in [0.05, 0.1) is 6.61 Å². The van der Waals surface area contributed by atoms with Gasteiger partial charge in [-0.2, -0.15) is 0 Å². The van der Waals surface area contributed by atoms with Gasteiger partial charge in [0.2, 0.25) is 0 Å². The minimum atomic E-state index is -0.639. The van der Waals surface area contributed by atoms with Crippen molar-refractivity contribution in [1.29, 1.82) is 0 Å². The Morgan fingerprint density at radius 1 is 1.53 bits per heavy atom. The van der Waals surface area contributed by atoms with E-state index in [9.17, 15) is 4.79 Å². The van der Waals surface area contributed by atoms with Crippen molar-refractivity contribution >= 4 is 5.91 Å². The van der Waals surface area contributed by atoms with Crippen LogP contribution in [0, 0.1) is 16.7 Å². The van der Waals surface area contributed by atoms with Gasteiger partial charge in [-0.1, -0.05) is 13.8 Å². The molecular weight excluding hydrogens is 192 g/mol. The molecule has 15 heavy (non-hydrogen) atoms. The fraction of sp³-hybridized carbons (Fsp3) is 0.909. The summed E-state index contributed by atoms with van der Waals surface area (Å²) in [4.78, 5) is 12.0. The number of nitrogens with two attached hydrogens (primary N) is 1. The monoisotopic (exact) mass is 210 g/mol. The van der Waals surface area contributed by atoms with Gasteiger partial charge in [0.1, 0.15) is 0 Å². The van der Waals surface area contributed by atoms with E-state index in [0.29, 0.717) is 12.5 Å². The Morgan fingerprint density at radius 3 is 2.80 bits per heavy atom. The zero-order chi connectivity index (χ0) is 10.9. The van der Waals surface area contributed by atoms with Crippen LogP contribution in [-0.4, -0.2) is 18.1 Å². The molecule has 1 amide bonds. The van der Waals surface area contributed by atoms with Crippen LogP contribution in [0.15, 0.2) is 0 Å². The topological polar surface area (TPSA) is 64.4 Å². The van der Waals surface area contributed by atoms with E-state index in [1.54, 1.807) is 0 Å². The first kappa shape index (κ1) is 9.60. The van der Waals surface area contributed by atoms with E-state index < -0.39 is 5.60 Å². The van der Waals surface area contributed by atoms with Crippen LogP contribution in [-0.2, 0) is 9.53 Å². The van der Waals surface area contributed by atoms with Crippen molar-refractivity contribution in [1.82, 2.24) is 5.43 Å². The van der Waals surface area contributed by atoms with Gasteiger partial charge in [-0.3, -0.25) is 10.2 Å². The van der Waals surface area contributed by atoms with Crippen LogP contribution in [0.2, 0.25) is 0 Å². The van der Waals surface area contributed by atoms with Crippen molar-refractivity contribution in [3.05, 3.63) is 0 Å². The van der Waals surface area contributed by atoms with Crippen LogP contribution in [0.25, 0.3) is 0 Å². The fourth-order valence-electron chi connectivity index (χ4n) is 4.37. The lowest BCUT2D eigenvalue weighted by Crippen LogP contribution is -2.56. The average molecular weight is 210 g/mol. The van der Waals surface area contributed by atoms with E-state index in [-0.39, 0.29) is 16.7 Å². The molecule has 84 valence electrons. The number of amides is 1. The highest BCUT2D eigenvalue weighted by Crippen LogP contribution is 2.74. The summed E-state index contributed by atoms with van der Waals surface area (Å²) in [6.07, 6.45) is 3.17. The molecule has 2 saturated carbocycles.